The van der Waals surface area contributed by atoms with Crippen LogP contribution in [-0.2, 0) is 10.3 Å². The first kappa shape index (κ1) is 14.7. The Labute approximate surface area is 140 Å². The number of hydrogen-bond donors (Lipinski definition) is 1. The molecule has 1 aromatic heterocycles. The molecule has 2 aromatic carbocycles. The molecule has 4 heteroatoms. The maximum atomic E-state index is 12.3. The topological polar surface area (TPSA) is 55.1 Å². The van der Waals surface area contributed by atoms with Gasteiger partial charge in [-0.3, -0.25) is 4.79 Å². The summed E-state index contributed by atoms with van der Waals surface area (Å²) in [7, 11) is 0. The van der Waals surface area contributed by atoms with Crippen LogP contribution in [0.1, 0.15) is 30.7 Å². The Morgan fingerprint density at radius 1 is 1.08 bits per heavy atom. The molecule has 0 bridgehead atoms. The number of hydrogen-bond acceptors (Lipinski definition) is 3. The number of nitrogens with zero attached hydrogens (tertiary/aromatic N) is 1. The van der Waals surface area contributed by atoms with Crippen LogP contribution in [0.4, 0.5) is 0 Å². The number of nitrogens with one attached hydrogen (secondary N) is 1. The standard InChI is InChI=1S/C20H18N2O2/c23-18(11-12-19-21-16-9-4-5-10-17(16)24-19)22-20(13-6-14-20)15-7-2-1-3-8-15/h1-5,7-12H,6,13-14H2,(H,22,23)/b12-11+. The van der Waals surface area contributed by atoms with Crippen LogP contribution >= 0.6 is 0 Å². The Morgan fingerprint density at radius 2 is 1.83 bits per heavy atom. The molecule has 1 amide bonds. The number of benzene rings is 2. The first-order valence-electron chi connectivity index (χ1n) is 8.17. The average Bonchev–Trinajstić information content (AvgIpc) is 3.00. The molecule has 0 unspecified atom stereocenters. The van der Waals surface area contributed by atoms with E-state index in [1.54, 1.807) is 6.08 Å². The van der Waals surface area contributed by atoms with E-state index < -0.39 is 0 Å². The molecule has 0 aliphatic heterocycles. The van der Waals surface area contributed by atoms with Gasteiger partial charge < -0.3 is 9.73 Å². The van der Waals surface area contributed by atoms with E-state index in [1.165, 1.54) is 11.6 Å². The Hall–Kier alpha value is -2.88. The van der Waals surface area contributed by atoms with Gasteiger partial charge >= 0.3 is 0 Å². The summed E-state index contributed by atoms with van der Waals surface area (Å²) in [6, 6.07) is 17.7. The summed E-state index contributed by atoms with van der Waals surface area (Å²) >= 11 is 0. The molecule has 4 rings (SSSR count). The highest BCUT2D eigenvalue weighted by molar-refractivity contribution is 5.92. The van der Waals surface area contributed by atoms with E-state index in [1.807, 2.05) is 42.5 Å². The van der Waals surface area contributed by atoms with Crippen molar-refractivity contribution in [3.63, 3.8) is 0 Å². The van der Waals surface area contributed by atoms with Gasteiger partial charge in [0.25, 0.3) is 0 Å². The number of aromatic nitrogens is 1. The van der Waals surface area contributed by atoms with Crippen LogP contribution in [0.15, 0.2) is 65.1 Å². The molecule has 0 spiro atoms. The monoisotopic (exact) mass is 318 g/mol. The predicted octanol–water partition coefficient (Wildman–Crippen LogP) is 4.04. The maximum Gasteiger partial charge on any atom is 0.244 e. The summed E-state index contributed by atoms with van der Waals surface area (Å²) in [5.41, 5.74) is 2.44. The van der Waals surface area contributed by atoms with Gasteiger partial charge in [0.05, 0.1) is 5.54 Å². The van der Waals surface area contributed by atoms with Gasteiger partial charge in [0.1, 0.15) is 5.52 Å². The van der Waals surface area contributed by atoms with Gasteiger partial charge in [0.15, 0.2) is 5.58 Å². The van der Waals surface area contributed by atoms with Crippen molar-refractivity contribution in [2.24, 2.45) is 0 Å². The van der Waals surface area contributed by atoms with Crippen molar-refractivity contribution in [1.29, 1.82) is 0 Å². The van der Waals surface area contributed by atoms with Crippen molar-refractivity contribution in [1.82, 2.24) is 10.3 Å². The fraction of sp³-hybridized carbons (Fsp3) is 0.200. The SMILES string of the molecule is O=C(/C=C/c1nc2ccccc2o1)NC1(c2ccccc2)CCC1. The van der Waals surface area contributed by atoms with Crippen molar-refractivity contribution in [2.75, 3.05) is 0 Å². The van der Waals surface area contributed by atoms with Gasteiger partial charge in [-0.05, 0) is 37.0 Å². The molecule has 0 atom stereocenters. The number of oxazole rings is 1. The molecular formula is C20H18N2O2. The lowest BCUT2D eigenvalue weighted by Crippen LogP contribution is -2.50. The fourth-order valence-corrected chi connectivity index (χ4v) is 3.16. The fourth-order valence-electron chi connectivity index (χ4n) is 3.16. The lowest BCUT2D eigenvalue weighted by atomic mass is 9.72. The van der Waals surface area contributed by atoms with E-state index in [9.17, 15) is 4.79 Å². The third kappa shape index (κ3) is 2.71. The zero-order valence-electron chi connectivity index (χ0n) is 13.2. The third-order valence-electron chi connectivity index (χ3n) is 4.58. The lowest BCUT2D eigenvalue weighted by Gasteiger charge is -2.42. The van der Waals surface area contributed by atoms with E-state index in [2.05, 4.69) is 22.4 Å². The quantitative estimate of drug-likeness (QED) is 0.739. The predicted molar refractivity (Wildman–Crippen MR) is 93.2 cm³/mol. The number of para-hydroxylation sites is 2. The third-order valence-corrected chi connectivity index (χ3v) is 4.58. The number of amides is 1. The Morgan fingerprint density at radius 3 is 2.54 bits per heavy atom. The summed E-state index contributed by atoms with van der Waals surface area (Å²) in [6.07, 6.45) is 6.18. The molecule has 1 fully saturated rings. The largest absolute Gasteiger partial charge is 0.437 e. The minimum Gasteiger partial charge on any atom is -0.437 e. The number of fused-ring (bicyclic) bond motifs is 1. The minimum atomic E-state index is -0.232. The van der Waals surface area contributed by atoms with Crippen LogP contribution in [0.5, 0.6) is 0 Å². The van der Waals surface area contributed by atoms with Crippen LogP contribution in [0.2, 0.25) is 0 Å². The Kier molecular flexibility index (Phi) is 3.65. The normalized spacial score (nSPS) is 16.2. The highest BCUT2D eigenvalue weighted by Crippen LogP contribution is 2.41. The Balaban J connectivity index is 1.49. The first-order chi connectivity index (χ1) is 11.8. The van der Waals surface area contributed by atoms with Crippen LogP contribution in [0.3, 0.4) is 0 Å². The molecule has 0 saturated heterocycles. The molecule has 24 heavy (non-hydrogen) atoms. The highest BCUT2D eigenvalue weighted by atomic mass is 16.3. The summed E-state index contributed by atoms with van der Waals surface area (Å²) in [5.74, 6) is 0.314. The minimum absolute atomic E-state index is 0.124. The summed E-state index contributed by atoms with van der Waals surface area (Å²) < 4.78 is 5.60. The van der Waals surface area contributed by atoms with E-state index in [-0.39, 0.29) is 11.4 Å². The van der Waals surface area contributed by atoms with Gasteiger partial charge in [-0.25, -0.2) is 4.98 Å². The molecule has 1 saturated carbocycles. The van der Waals surface area contributed by atoms with Gasteiger partial charge in [-0.15, -0.1) is 0 Å². The van der Waals surface area contributed by atoms with Crippen LogP contribution in [0, 0.1) is 0 Å². The smallest absolute Gasteiger partial charge is 0.244 e. The number of carbonyl (C=O) groups excluding carboxylic acids is 1. The van der Waals surface area contributed by atoms with Crippen molar-refractivity contribution < 1.29 is 9.21 Å². The van der Waals surface area contributed by atoms with Crippen molar-refractivity contribution in [3.8, 4) is 0 Å². The number of carbonyl (C=O) groups is 1. The van der Waals surface area contributed by atoms with Crippen molar-refractivity contribution >= 4 is 23.1 Å². The second-order valence-corrected chi connectivity index (χ2v) is 6.14. The molecule has 0 radical (unpaired) electrons. The molecule has 4 nitrogen and oxygen atoms in total. The van der Waals surface area contributed by atoms with E-state index in [0.717, 1.165) is 30.4 Å². The Bertz CT molecular complexity index is 859. The second-order valence-electron chi connectivity index (χ2n) is 6.14. The van der Waals surface area contributed by atoms with Crippen molar-refractivity contribution in [2.45, 2.75) is 24.8 Å². The van der Waals surface area contributed by atoms with Gasteiger partial charge in [-0.2, -0.15) is 0 Å². The number of rotatable bonds is 4. The highest BCUT2D eigenvalue weighted by Gasteiger charge is 2.39. The first-order valence-corrected chi connectivity index (χ1v) is 8.17. The molecule has 1 aliphatic rings. The molecule has 1 aliphatic carbocycles. The molecule has 1 N–H and O–H groups in total. The van der Waals surface area contributed by atoms with Crippen LogP contribution in [0.25, 0.3) is 17.2 Å². The van der Waals surface area contributed by atoms with E-state index in [0.29, 0.717) is 5.89 Å². The maximum absolute atomic E-state index is 12.3. The van der Waals surface area contributed by atoms with Crippen molar-refractivity contribution in [3.05, 3.63) is 72.1 Å². The van der Waals surface area contributed by atoms with Gasteiger partial charge in [-0.1, -0.05) is 42.5 Å². The van der Waals surface area contributed by atoms with Crippen LogP contribution < -0.4 is 5.32 Å². The van der Waals surface area contributed by atoms with E-state index >= 15 is 0 Å². The van der Waals surface area contributed by atoms with E-state index in [4.69, 9.17) is 4.42 Å². The van der Waals surface area contributed by atoms with Crippen LogP contribution in [-0.4, -0.2) is 10.9 Å². The molecule has 120 valence electrons. The molecule has 1 heterocycles. The van der Waals surface area contributed by atoms with Gasteiger partial charge in [0, 0.05) is 12.2 Å². The zero-order valence-corrected chi connectivity index (χ0v) is 13.2. The molecule has 3 aromatic rings. The summed E-state index contributed by atoms with van der Waals surface area (Å²) in [4.78, 5) is 16.7. The summed E-state index contributed by atoms with van der Waals surface area (Å²) in [5, 5.41) is 3.15. The summed E-state index contributed by atoms with van der Waals surface area (Å²) in [6.45, 7) is 0. The van der Waals surface area contributed by atoms with Gasteiger partial charge in [0.2, 0.25) is 11.8 Å². The second kappa shape index (κ2) is 5.96. The average molecular weight is 318 g/mol. The molecular weight excluding hydrogens is 300 g/mol. The zero-order chi connectivity index (χ0) is 16.4. The lowest BCUT2D eigenvalue weighted by molar-refractivity contribution is -0.119.